The van der Waals surface area contributed by atoms with E-state index in [2.05, 4.69) is 11.4 Å². The van der Waals surface area contributed by atoms with Crippen LogP contribution in [0.15, 0.2) is 12.1 Å². The Bertz CT molecular complexity index is 429. The fourth-order valence-electron chi connectivity index (χ4n) is 1.31. The zero-order valence-corrected chi connectivity index (χ0v) is 10.8. The largest absolute Gasteiger partial charge is 0.495 e. The summed E-state index contributed by atoms with van der Waals surface area (Å²) in [5.74, 6) is 1.11. The van der Waals surface area contributed by atoms with E-state index in [9.17, 15) is 0 Å². The third-order valence-corrected chi connectivity index (χ3v) is 2.59. The molecule has 0 saturated carbocycles. The van der Waals surface area contributed by atoms with E-state index in [1.54, 1.807) is 26.4 Å². The predicted molar refractivity (Wildman–Crippen MR) is 67.8 cm³/mol. The van der Waals surface area contributed by atoms with Crippen LogP contribution in [0, 0.1) is 17.2 Å². The SMILES string of the molecule is COc1cc(OC)c(NCC(C)C#N)cc1Cl. The van der Waals surface area contributed by atoms with Crippen molar-refractivity contribution < 1.29 is 9.47 Å². The quantitative estimate of drug-likeness (QED) is 0.878. The van der Waals surface area contributed by atoms with E-state index < -0.39 is 0 Å². The van der Waals surface area contributed by atoms with Gasteiger partial charge in [-0.25, -0.2) is 0 Å². The van der Waals surface area contributed by atoms with E-state index in [1.165, 1.54) is 0 Å². The fraction of sp³-hybridized carbons (Fsp3) is 0.417. The van der Waals surface area contributed by atoms with Crippen LogP contribution in [0.5, 0.6) is 11.5 Å². The zero-order valence-electron chi connectivity index (χ0n) is 10.1. The second kappa shape index (κ2) is 6.21. The highest BCUT2D eigenvalue weighted by Crippen LogP contribution is 2.35. The van der Waals surface area contributed by atoms with Crippen molar-refractivity contribution >= 4 is 17.3 Å². The average molecular weight is 255 g/mol. The molecule has 4 nitrogen and oxygen atoms in total. The molecule has 0 aliphatic carbocycles. The molecule has 1 N–H and O–H groups in total. The first kappa shape index (κ1) is 13.5. The maximum Gasteiger partial charge on any atom is 0.145 e. The Morgan fingerprint density at radius 3 is 2.53 bits per heavy atom. The summed E-state index contributed by atoms with van der Waals surface area (Å²) in [5, 5.41) is 12.3. The molecule has 0 aliphatic rings. The van der Waals surface area contributed by atoms with E-state index >= 15 is 0 Å². The standard InChI is InChI=1S/C12H15ClN2O2/c1-8(6-14)7-15-10-4-9(13)11(16-2)5-12(10)17-3/h4-5,8,15H,7H2,1-3H3. The minimum absolute atomic E-state index is 0.0828. The van der Waals surface area contributed by atoms with Gasteiger partial charge in [0.1, 0.15) is 11.5 Å². The van der Waals surface area contributed by atoms with Crippen molar-refractivity contribution in [2.24, 2.45) is 5.92 Å². The molecule has 0 spiro atoms. The van der Waals surface area contributed by atoms with Crippen molar-refractivity contribution in [1.82, 2.24) is 0 Å². The number of hydrogen-bond donors (Lipinski definition) is 1. The van der Waals surface area contributed by atoms with Gasteiger partial charge in [0.2, 0.25) is 0 Å². The van der Waals surface area contributed by atoms with Crippen molar-refractivity contribution in [1.29, 1.82) is 5.26 Å². The number of halogens is 1. The Kier molecular flexibility index (Phi) is 4.92. The third kappa shape index (κ3) is 3.43. The molecule has 0 amide bonds. The molecule has 0 fully saturated rings. The van der Waals surface area contributed by atoms with E-state index in [0.29, 0.717) is 23.1 Å². The molecule has 1 aromatic rings. The summed E-state index contributed by atoms with van der Waals surface area (Å²) in [5.41, 5.74) is 0.750. The number of ether oxygens (including phenoxy) is 2. The Morgan fingerprint density at radius 1 is 1.35 bits per heavy atom. The monoisotopic (exact) mass is 254 g/mol. The molecular formula is C12H15ClN2O2. The predicted octanol–water partition coefficient (Wildman–Crippen LogP) is 2.93. The third-order valence-electron chi connectivity index (χ3n) is 2.29. The summed E-state index contributed by atoms with van der Waals surface area (Å²) in [6.45, 7) is 2.38. The van der Waals surface area contributed by atoms with Crippen LogP contribution in [0.1, 0.15) is 6.92 Å². The zero-order chi connectivity index (χ0) is 12.8. The molecular weight excluding hydrogens is 240 g/mol. The number of benzene rings is 1. The molecule has 0 bridgehead atoms. The van der Waals surface area contributed by atoms with Crippen LogP contribution < -0.4 is 14.8 Å². The lowest BCUT2D eigenvalue weighted by atomic mass is 10.2. The van der Waals surface area contributed by atoms with Crippen LogP contribution in [-0.4, -0.2) is 20.8 Å². The van der Waals surface area contributed by atoms with Gasteiger partial charge in [-0.05, 0) is 13.0 Å². The molecule has 17 heavy (non-hydrogen) atoms. The summed E-state index contributed by atoms with van der Waals surface area (Å²) >= 11 is 6.02. The number of methoxy groups -OCH3 is 2. The maximum atomic E-state index is 8.71. The molecule has 1 rings (SSSR count). The number of nitrogens with one attached hydrogen (secondary N) is 1. The highest BCUT2D eigenvalue weighted by atomic mass is 35.5. The van der Waals surface area contributed by atoms with E-state index in [1.807, 2.05) is 6.92 Å². The molecule has 1 unspecified atom stereocenters. The summed E-state index contributed by atoms with van der Waals surface area (Å²) in [6, 6.07) is 5.58. The molecule has 0 heterocycles. The van der Waals surface area contributed by atoms with Gasteiger partial charge in [0.25, 0.3) is 0 Å². The summed E-state index contributed by atoms with van der Waals surface area (Å²) in [7, 11) is 3.12. The van der Waals surface area contributed by atoms with Crippen LogP contribution in [0.25, 0.3) is 0 Å². The Balaban J connectivity index is 2.91. The molecule has 0 aromatic heterocycles. The minimum Gasteiger partial charge on any atom is -0.495 e. The van der Waals surface area contributed by atoms with Crippen LogP contribution in [0.2, 0.25) is 5.02 Å². The van der Waals surface area contributed by atoms with Gasteiger partial charge < -0.3 is 14.8 Å². The van der Waals surface area contributed by atoms with Gasteiger partial charge in [-0.3, -0.25) is 0 Å². The first-order valence-corrected chi connectivity index (χ1v) is 5.55. The molecule has 1 atom stereocenters. The van der Waals surface area contributed by atoms with Crippen LogP contribution in [-0.2, 0) is 0 Å². The second-order valence-electron chi connectivity index (χ2n) is 3.60. The van der Waals surface area contributed by atoms with E-state index in [-0.39, 0.29) is 5.92 Å². The smallest absolute Gasteiger partial charge is 0.145 e. The highest BCUT2D eigenvalue weighted by molar-refractivity contribution is 6.32. The van der Waals surface area contributed by atoms with Gasteiger partial charge in [-0.15, -0.1) is 0 Å². The van der Waals surface area contributed by atoms with Gasteiger partial charge in [0.15, 0.2) is 0 Å². The van der Waals surface area contributed by atoms with Crippen molar-refractivity contribution in [2.45, 2.75) is 6.92 Å². The van der Waals surface area contributed by atoms with Crippen molar-refractivity contribution in [3.8, 4) is 17.6 Å². The molecule has 0 aliphatic heterocycles. The van der Waals surface area contributed by atoms with E-state index in [4.69, 9.17) is 26.3 Å². The van der Waals surface area contributed by atoms with Gasteiger partial charge in [0.05, 0.1) is 36.9 Å². The Labute approximate surface area is 106 Å². The van der Waals surface area contributed by atoms with Crippen LogP contribution in [0.3, 0.4) is 0 Å². The number of nitrogens with zero attached hydrogens (tertiary/aromatic N) is 1. The van der Waals surface area contributed by atoms with E-state index in [0.717, 1.165) is 5.69 Å². The topological polar surface area (TPSA) is 54.3 Å². The Hall–Kier alpha value is -1.60. The lowest BCUT2D eigenvalue weighted by molar-refractivity contribution is 0.395. The number of rotatable bonds is 5. The lowest BCUT2D eigenvalue weighted by Crippen LogP contribution is -2.10. The highest BCUT2D eigenvalue weighted by Gasteiger charge is 2.10. The number of hydrogen-bond acceptors (Lipinski definition) is 4. The minimum atomic E-state index is -0.0828. The van der Waals surface area contributed by atoms with Gasteiger partial charge >= 0.3 is 0 Å². The van der Waals surface area contributed by atoms with Crippen molar-refractivity contribution in [2.75, 3.05) is 26.1 Å². The van der Waals surface area contributed by atoms with Crippen LogP contribution >= 0.6 is 11.6 Å². The van der Waals surface area contributed by atoms with Crippen LogP contribution in [0.4, 0.5) is 5.69 Å². The van der Waals surface area contributed by atoms with Gasteiger partial charge in [-0.1, -0.05) is 11.6 Å². The fourth-order valence-corrected chi connectivity index (χ4v) is 1.55. The number of nitriles is 1. The molecule has 0 saturated heterocycles. The molecule has 92 valence electrons. The number of anilines is 1. The molecule has 1 aromatic carbocycles. The molecule has 0 radical (unpaired) electrons. The van der Waals surface area contributed by atoms with Crippen molar-refractivity contribution in [3.63, 3.8) is 0 Å². The first-order valence-electron chi connectivity index (χ1n) is 5.17. The summed E-state index contributed by atoms with van der Waals surface area (Å²) in [4.78, 5) is 0. The lowest BCUT2D eigenvalue weighted by Gasteiger charge is -2.14. The summed E-state index contributed by atoms with van der Waals surface area (Å²) in [6.07, 6.45) is 0. The maximum absolute atomic E-state index is 8.71. The summed E-state index contributed by atoms with van der Waals surface area (Å²) < 4.78 is 10.3. The first-order chi connectivity index (χ1) is 8.12. The van der Waals surface area contributed by atoms with Gasteiger partial charge in [0, 0.05) is 12.6 Å². The molecule has 5 heteroatoms. The second-order valence-corrected chi connectivity index (χ2v) is 4.01. The average Bonchev–Trinajstić information content (AvgIpc) is 2.35. The normalized spacial score (nSPS) is 11.5. The van der Waals surface area contributed by atoms with Gasteiger partial charge in [-0.2, -0.15) is 5.26 Å². The van der Waals surface area contributed by atoms with Crippen molar-refractivity contribution in [3.05, 3.63) is 17.2 Å². The Morgan fingerprint density at radius 2 is 2.00 bits per heavy atom.